The average molecular weight is 238 g/mol. The predicted octanol–water partition coefficient (Wildman–Crippen LogP) is 2.69. The van der Waals surface area contributed by atoms with Crippen LogP contribution in [0.4, 0.5) is 0 Å². The van der Waals surface area contributed by atoms with Crippen molar-refractivity contribution in [3.8, 4) is 0 Å². The van der Waals surface area contributed by atoms with Gasteiger partial charge in [0.25, 0.3) is 0 Å². The summed E-state index contributed by atoms with van der Waals surface area (Å²) in [5.41, 5.74) is 3.26. The lowest BCUT2D eigenvalue weighted by molar-refractivity contribution is 0.422. The minimum Gasteiger partial charge on any atom is -0.352 e. The fourth-order valence-corrected chi connectivity index (χ4v) is 1.87. The first kappa shape index (κ1) is 10.9. The van der Waals surface area contributed by atoms with Crippen molar-refractivity contribution < 1.29 is 0 Å². The topological polar surface area (TPSA) is 41.9 Å². The van der Waals surface area contributed by atoms with E-state index in [4.69, 9.17) is 0 Å². The molecule has 0 saturated heterocycles. The van der Waals surface area contributed by atoms with Crippen LogP contribution in [0.15, 0.2) is 30.7 Å². The number of pyridine rings is 1. The molecule has 0 atom stereocenters. The van der Waals surface area contributed by atoms with Crippen LogP contribution >= 0.6 is 0 Å². The first-order chi connectivity index (χ1) is 8.74. The summed E-state index contributed by atoms with van der Waals surface area (Å²) in [6, 6.07) is 4.22. The van der Waals surface area contributed by atoms with E-state index in [1.807, 2.05) is 36.7 Å². The van der Waals surface area contributed by atoms with Gasteiger partial charge in [-0.1, -0.05) is 0 Å². The molecule has 90 valence electrons. The zero-order valence-electron chi connectivity index (χ0n) is 10.4. The van der Waals surface area contributed by atoms with Gasteiger partial charge in [-0.05, 0) is 38.1 Å². The van der Waals surface area contributed by atoms with Gasteiger partial charge in [0.05, 0.1) is 11.4 Å². The maximum Gasteiger partial charge on any atom is 0.178 e. The van der Waals surface area contributed by atoms with Crippen LogP contribution in [0.3, 0.4) is 0 Å². The summed E-state index contributed by atoms with van der Waals surface area (Å²) in [6.45, 7) is 4.28. The second-order valence-electron chi connectivity index (χ2n) is 4.51. The number of hydrogen-bond donors (Lipinski definition) is 0. The van der Waals surface area contributed by atoms with Crippen LogP contribution in [-0.2, 0) is 0 Å². The molecule has 0 bridgehead atoms. The van der Waals surface area contributed by atoms with Crippen molar-refractivity contribution in [1.82, 2.24) is 19.9 Å². The molecule has 0 amide bonds. The summed E-state index contributed by atoms with van der Waals surface area (Å²) < 4.78 is 0. The monoisotopic (exact) mass is 238 g/mol. The lowest BCUT2D eigenvalue weighted by Gasteiger charge is -2.18. The third-order valence-electron chi connectivity index (χ3n) is 2.90. The highest BCUT2D eigenvalue weighted by Gasteiger charge is 2.09. The molecule has 4 nitrogen and oxygen atoms in total. The Bertz CT molecular complexity index is 591. The number of rotatable bonds is 1. The molecule has 0 radical (unpaired) electrons. The van der Waals surface area contributed by atoms with Gasteiger partial charge < -0.3 is 4.90 Å². The zero-order chi connectivity index (χ0) is 12.5. The Labute approximate surface area is 106 Å². The van der Waals surface area contributed by atoms with E-state index in [1.54, 1.807) is 6.20 Å². The second kappa shape index (κ2) is 4.22. The molecule has 0 aliphatic carbocycles. The Balaban J connectivity index is 2.14. The number of aromatic nitrogens is 3. The first-order valence-electron chi connectivity index (χ1n) is 6.00. The van der Waals surface area contributed by atoms with E-state index < -0.39 is 0 Å². The van der Waals surface area contributed by atoms with Crippen molar-refractivity contribution in [1.29, 1.82) is 0 Å². The summed E-state index contributed by atoms with van der Waals surface area (Å²) in [5, 5.41) is 0. The first-order valence-corrected chi connectivity index (χ1v) is 6.00. The van der Waals surface area contributed by atoms with Crippen molar-refractivity contribution in [2.45, 2.75) is 19.9 Å². The molecular weight excluding hydrogens is 224 g/mol. The van der Waals surface area contributed by atoms with Gasteiger partial charge in [0.1, 0.15) is 5.52 Å². The van der Waals surface area contributed by atoms with E-state index in [2.05, 4.69) is 33.7 Å². The number of nitrogens with zero attached hydrogens (tertiary/aromatic N) is 4. The molecule has 2 aromatic heterocycles. The van der Waals surface area contributed by atoms with Crippen LogP contribution in [0.25, 0.3) is 23.3 Å². The maximum absolute atomic E-state index is 4.58. The summed E-state index contributed by atoms with van der Waals surface area (Å²) >= 11 is 0. The molecular formula is C14H14N4. The quantitative estimate of drug-likeness (QED) is 0.766. The molecule has 1 aliphatic heterocycles. The number of fused-ring (bicyclic) bond motifs is 2. The summed E-state index contributed by atoms with van der Waals surface area (Å²) in [4.78, 5) is 15.5. The highest BCUT2D eigenvalue weighted by Crippen LogP contribution is 2.18. The van der Waals surface area contributed by atoms with Gasteiger partial charge in [-0.15, -0.1) is 0 Å². The molecule has 3 rings (SSSR count). The van der Waals surface area contributed by atoms with Gasteiger partial charge in [0.15, 0.2) is 5.65 Å². The summed E-state index contributed by atoms with van der Waals surface area (Å²) in [7, 11) is 0. The van der Waals surface area contributed by atoms with Crippen molar-refractivity contribution in [3.05, 3.63) is 42.1 Å². The Morgan fingerprint density at radius 1 is 1.06 bits per heavy atom. The van der Waals surface area contributed by atoms with Crippen molar-refractivity contribution in [2.24, 2.45) is 0 Å². The Morgan fingerprint density at radius 3 is 2.50 bits per heavy atom. The fraction of sp³-hybridized carbons (Fsp3) is 0.214. The molecule has 4 heteroatoms. The Kier molecular flexibility index (Phi) is 2.55. The van der Waals surface area contributed by atoms with Gasteiger partial charge >= 0.3 is 0 Å². The van der Waals surface area contributed by atoms with E-state index in [1.165, 1.54) is 0 Å². The molecule has 1 aliphatic rings. The van der Waals surface area contributed by atoms with E-state index in [-0.39, 0.29) is 0 Å². The van der Waals surface area contributed by atoms with Crippen LogP contribution in [0.5, 0.6) is 0 Å². The van der Waals surface area contributed by atoms with Crippen LogP contribution < -0.4 is 0 Å². The van der Waals surface area contributed by atoms with Gasteiger partial charge in [0, 0.05) is 24.6 Å². The molecule has 0 aromatic carbocycles. The molecule has 0 unspecified atom stereocenters. The number of hydrogen-bond acceptors (Lipinski definition) is 4. The highest BCUT2D eigenvalue weighted by molar-refractivity contribution is 5.74. The molecule has 2 aromatic rings. The minimum atomic E-state index is 0.416. The van der Waals surface area contributed by atoms with Crippen LogP contribution in [0, 0.1) is 0 Å². The van der Waals surface area contributed by atoms with E-state index in [0.29, 0.717) is 11.7 Å². The normalized spacial score (nSPS) is 14.1. The van der Waals surface area contributed by atoms with Gasteiger partial charge in [-0.3, -0.25) is 0 Å². The second-order valence-corrected chi connectivity index (χ2v) is 4.51. The molecule has 18 heavy (non-hydrogen) atoms. The van der Waals surface area contributed by atoms with Crippen molar-refractivity contribution >= 4 is 23.3 Å². The maximum atomic E-state index is 4.58. The summed E-state index contributed by atoms with van der Waals surface area (Å²) in [6.07, 6.45) is 9.77. The lowest BCUT2D eigenvalue weighted by atomic mass is 10.3. The Hall–Kier alpha value is -2.23. The van der Waals surface area contributed by atoms with E-state index in [9.17, 15) is 0 Å². The van der Waals surface area contributed by atoms with Crippen LogP contribution in [0.2, 0.25) is 0 Å². The smallest absolute Gasteiger partial charge is 0.178 e. The largest absolute Gasteiger partial charge is 0.352 e. The highest BCUT2D eigenvalue weighted by atomic mass is 15.1. The van der Waals surface area contributed by atoms with Crippen molar-refractivity contribution in [3.63, 3.8) is 0 Å². The fourth-order valence-electron chi connectivity index (χ4n) is 1.87. The third kappa shape index (κ3) is 1.86. The molecule has 3 heterocycles. The molecule has 0 saturated carbocycles. The predicted molar refractivity (Wildman–Crippen MR) is 72.4 cm³/mol. The molecule has 0 fully saturated rings. The Morgan fingerprint density at radius 2 is 1.78 bits per heavy atom. The minimum absolute atomic E-state index is 0.416. The molecule has 0 spiro atoms. The van der Waals surface area contributed by atoms with E-state index in [0.717, 1.165) is 16.9 Å². The van der Waals surface area contributed by atoms with Crippen LogP contribution in [0.1, 0.15) is 25.2 Å². The average Bonchev–Trinajstić information content (AvgIpc) is 2.58. The van der Waals surface area contributed by atoms with Gasteiger partial charge in [-0.2, -0.15) is 0 Å². The molecule has 0 N–H and O–H groups in total. The van der Waals surface area contributed by atoms with E-state index >= 15 is 0 Å². The van der Waals surface area contributed by atoms with Crippen molar-refractivity contribution in [2.75, 3.05) is 0 Å². The standard InChI is InChI=1S/C14H14N4/c1-10(2)18-8-5-11-12(6-9-18)17-14-13(16-11)4-3-7-15-14/h3-10H,1-2H3. The lowest BCUT2D eigenvalue weighted by Crippen LogP contribution is -2.18. The third-order valence-corrected chi connectivity index (χ3v) is 2.90. The SMILES string of the molecule is CC(C)N1C=Cc2nc3cccnc3nc2C=C1. The summed E-state index contributed by atoms with van der Waals surface area (Å²) in [5.74, 6) is 0. The zero-order valence-corrected chi connectivity index (χ0v) is 10.4. The van der Waals surface area contributed by atoms with Crippen LogP contribution in [-0.4, -0.2) is 25.9 Å². The van der Waals surface area contributed by atoms with Gasteiger partial charge in [0.2, 0.25) is 0 Å². The van der Waals surface area contributed by atoms with Gasteiger partial charge in [-0.25, -0.2) is 15.0 Å².